The predicted molar refractivity (Wildman–Crippen MR) is 74.3 cm³/mol. The lowest BCUT2D eigenvalue weighted by Gasteiger charge is -2.28. The maximum absolute atomic E-state index is 12.5. The number of hydrogen-bond acceptors (Lipinski definition) is 4. The maximum atomic E-state index is 12.5. The van der Waals surface area contributed by atoms with Crippen LogP contribution in [0.15, 0.2) is 23.1 Å². The van der Waals surface area contributed by atoms with Crippen molar-refractivity contribution in [2.45, 2.75) is 43.7 Å². The Morgan fingerprint density at radius 1 is 1.47 bits per heavy atom. The number of hydrogen-bond donors (Lipinski definition) is 2. The fraction of sp³-hybridized carbons (Fsp3) is 0.538. The lowest BCUT2D eigenvalue weighted by molar-refractivity contribution is 0.0957. The second-order valence-corrected chi connectivity index (χ2v) is 6.96. The zero-order valence-electron chi connectivity index (χ0n) is 11.4. The van der Waals surface area contributed by atoms with Gasteiger partial charge < -0.3 is 10.5 Å². The van der Waals surface area contributed by atoms with Crippen molar-refractivity contribution < 1.29 is 13.2 Å². The minimum Gasteiger partial charge on any atom is -0.399 e. The molecule has 19 heavy (non-hydrogen) atoms. The molecule has 2 unspecified atom stereocenters. The number of anilines is 1. The molecule has 5 nitrogen and oxygen atoms in total. The number of aryl methyl sites for hydroxylation is 1. The zero-order chi connectivity index (χ0) is 14.3. The van der Waals surface area contributed by atoms with Gasteiger partial charge in [-0.25, -0.2) is 13.1 Å². The van der Waals surface area contributed by atoms with Crippen LogP contribution in [-0.4, -0.2) is 26.7 Å². The van der Waals surface area contributed by atoms with E-state index in [1.165, 1.54) is 6.07 Å². The van der Waals surface area contributed by atoms with E-state index in [0.717, 1.165) is 0 Å². The molecular weight excluding hydrogens is 264 g/mol. The number of rotatable bonds is 3. The van der Waals surface area contributed by atoms with Gasteiger partial charge in [0.15, 0.2) is 0 Å². The van der Waals surface area contributed by atoms with Crippen LogP contribution in [0.5, 0.6) is 0 Å². The summed E-state index contributed by atoms with van der Waals surface area (Å²) in [5.74, 6) is 0. The molecule has 106 valence electrons. The molecule has 1 heterocycles. The minimum absolute atomic E-state index is 0.149. The Kier molecular flexibility index (Phi) is 3.59. The Labute approximate surface area is 114 Å². The highest BCUT2D eigenvalue weighted by Gasteiger charge is 2.40. The molecule has 2 atom stereocenters. The number of nitrogens with two attached hydrogens (primary N) is 1. The Balaban J connectivity index is 2.35. The Hall–Kier alpha value is -1.11. The number of nitrogen functional groups attached to an aromatic ring is 1. The van der Waals surface area contributed by atoms with Crippen LogP contribution in [0.1, 0.15) is 25.8 Å². The second-order valence-electron chi connectivity index (χ2n) is 5.31. The van der Waals surface area contributed by atoms with Crippen molar-refractivity contribution in [1.82, 2.24) is 4.72 Å². The summed E-state index contributed by atoms with van der Waals surface area (Å²) in [7, 11) is -3.60. The van der Waals surface area contributed by atoms with E-state index in [9.17, 15) is 8.42 Å². The van der Waals surface area contributed by atoms with Crippen LogP contribution in [0.3, 0.4) is 0 Å². The van der Waals surface area contributed by atoms with Crippen molar-refractivity contribution in [3.8, 4) is 0 Å². The zero-order valence-corrected chi connectivity index (χ0v) is 12.3. The average molecular weight is 284 g/mol. The van der Waals surface area contributed by atoms with Crippen molar-refractivity contribution in [3.63, 3.8) is 0 Å². The molecule has 1 aliphatic heterocycles. The largest absolute Gasteiger partial charge is 0.399 e. The Bertz CT molecular complexity index is 586. The van der Waals surface area contributed by atoms with Gasteiger partial charge in [0.1, 0.15) is 0 Å². The first-order valence-electron chi connectivity index (χ1n) is 6.26. The summed E-state index contributed by atoms with van der Waals surface area (Å²) in [5.41, 5.74) is 6.22. The Morgan fingerprint density at radius 2 is 2.16 bits per heavy atom. The maximum Gasteiger partial charge on any atom is 0.241 e. The quantitative estimate of drug-likeness (QED) is 0.823. The molecule has 0 aliphatic carbocycles. The SMILES string of the molecule is Cc1ccc(N)cc1S(=O)(=O)NC1(C)CCOC1C. The molecule has 1 saturated heterocycles. The molecule has 0 radical (unpaired) electrons. The van der Waals surface area contributed by atoms with E-state index in [-0.39, 0.29) is 11.0 Å². The summed E-state index contributed by atoms with van der Waals surface area (Å²) >= 11 is 0. The number of ether oxygens (including phenoxy) is 1. The van der Waals surface area contributed by atoms with Crippen molar-refractivity contribution in [2.75, 3.05) is 12.3 Å². The highest BCUT2D eigenvalue weighted by molar-refractivity contribution is 7.89. The third-order valence-corrected chi connectivity index (χ3v) is 5.51. The Morgan fingerprint density at radius 3 is 2.74 bits per heavy atom. The fourth-order valence-corrected chi connectivity index (χ4v) is 4.01. The summed E-state index contributed by atoms with van der Waals surface area (Å²) in [6.45, 7) is 6.06. The monoisotopic (exact) mass is 284 g/mol. The van der Waals surface area contributed by atoms with E-state index in [1.54, 1.807) is 19.1 Å². The number of sulfonamides is 1. The topological polar surface area (TPSA) is 81.4 Å². The second kappa shape index (κ2) is 4.77. The van der Waals surface area contributed by atoms with E-state index < -0.39 is 15.6 Å². The van der Waals surface area contributed by atoms with Crippen LogP contribution < -0.4 is 10.5 Å². The van der Waals surface area contributed by atoms with Crippen molar-refractivity contribution >= 4 is 15.7 Å². The lowest BCUT2D eigenvalue weighted by Crippen LogP contribution is -2.50. The van der Waals surface area contributed by atoms with E-state index in [1.807, 2.05) is 13.8 Å². The molecule has 0 aromatic heterocycles. The first-order chi connectivity index (χ1) is 8.74. The summed E-state index contributed by atoms with van der Waals surface area (Å²) in [6.07, 6.45) is 0.512. The molecule has 1 fully saturated rings. The van der Waals surface area contributed by atoms with Gasteiger partial charge >= 0.3 is 0 Å². The molecular formula is C13H20N2O3S. The molecule has 6 heteroatoms. The lowest BCUT2D eigenvalue weighted by atomic mass is 9.97. The molecule has 1 aliphatic rings. The molecule has 1 aromatic carbocycles. The van der Waals surface area contributed by atoms with Gasteiger partial charge in [0, 0.05) is 12.3 Å². The smallest absolute Gasteiger partial charge is 0.241 e. The van der Waals surface area contributed by atoms with Gasteiger partial charge in [-0.2, -0.15) is 0 Å². The summed E-state index contributed by atoms with van der Waals surface area (Å²) in [5, 5.41) is 0. The van der Waals surface area contributed by atoms with E-state index >= 15 is 0 Å². The van der Waals surface area contributed by atoms with Crippen LogP contribution in [0.25, 0.3) is 0 Å². The van der Waals surface area contributed by atoms with Gasteiger partial charge in [0.2, 0.25) is 10.0 Å². The molecule has 0 spiro atoms. The van der Waals surface area contributed by atoms with E-state index in [2.05, 4.69) is 4.72 Å². The number of benzene rings is 1. The van der Waals surface area contributed by atoms with E-state index in [4.69, 9.17) is 10.5 Å². The van der Waals surface area contributed by atoms with Crippen LogP contribution >= 0.6 is 0 Å². The predicted octanol–water partition coefficient (Wildman–Crippen LogP) is 1.42. The third kappa shape index (κ3) is 2.75. The fourth-order valence-electron chi connectivity index (χ4n) is 2.24. The highest BCUT2D eigenvalue weighted by atomic mass is 32.2. The molecule has 1 aromatic rings. The summed E-state index contributed by atoms with van der Waals surface area (Å²) in [6, 6.07) is 4.89. The summed E-state index contributed by atoms with van der Waals surface area (Å²) in [4.78, 5) is 0.229. The van der Waals surface area contributed by atoms with Crippen molar-refractivity contribution in [1.29, 1.82) is 0 Å². The first-order valence-corrected chi connectivity index (χ1v) is 7.75. The van der Waals surface area contributed by atoms with Crippen LogP contribution in [0, 0.1) is 6.92 Å². The number of nitrogens with one attached hydrogen (secondary N) is 1. The van der Waals surface area contributed by atoms with Gasteiger partial charge in [-0.3, -0.25) is 0 Å². The molecule has 0 saturated carbocycles. The summed E-state index contributed by atoms with van der Waals surface area (Å²) < 4.78 is 33.2. The van der Waals surface area contributed by atoms with E-state index in [0.29, 0.717) is 24.3 Å². The molecule has 0 amide bonds. The van der Waals surface area contributed by atoms with Gasteiger partial charge in [-0.15, -0.1) is 0 Å². The first kappa shape index (κ1) is 14.3. The normalized spacial score (nSPS) is 27.6. The minimum atomic E-state index is -3.60. The molecule has 0 bridgehead atoms. The van der Waals surface area contributed by atoms with Gasteiger partial charge in [0.25, 0.3) is 0 Å². The molecule has 2 rings (SSSR count). The van der Waals surface area contributed by atoms with Crippen LogP contribution in [0.2, 0.25) is 0 Å². The molecule has 3 N–H and O–H groups in total. The van der Waals surface area contributed by atoms with Gasteiger partial charge in [-0.1, -0.05) is 6.07 Å². The van der Waals surface area contributed by atoms with Gasteiger partial charge in [-0.05, 0) is 44.9 Å². The van der Waals surface area contributed by atoms with Crippen LogP contribution in [0.4, 0.5) is 5.69 Å². The highest BCUT2D eigenvalue weighted by Crippen LogP contribution is 2.28. The van der Waals surface area contributed by atoms with Crippen molar-refractivity contribution in [3.05, 3.63) is 23.8 Å². The van der Waals surface area contributed by atoms with Crippen LogP contribution in [-0.2, 0) is 14.8 Å². The third-order valence-electron chi connectivity index (χ3n) is 3.76. The standard InChI is InChI=1S/C13H20N2O3S/c1-9-4-5-11(14)8-12(9)19(16,17)15-13(3)6-7-18-10(13)2/h4-5,8,10,15H,6-7,14H2,1-3H3. The van der Waals surface area contributed by atoms with Gasteiger partial charge in [0.05, 0.1) is 16.5 Å². The average Bonchev–Trinajstić information content (AvgIpc) is 2.61. The van der Waals surface area contributed by atoms with Crippen molar-refractivity contribution in [2.24, 2.45) is 0 Å².